The van der Waals surface area contributed by atoms with E-state index in [1.54, 1.807) is 0 Å². The molecule has 1 rings (SSSR count). The molecule has 1 aromatic rings. The fraction of sp³-hybridized carbons (Fsp3) is 0.250. The highest BCUT2D eigenvalue weighted by atomic mass is 35.5. The summed E-state index contributed by atoms with van der Waals surface area (Å²) in [4.78, 5) is 11.3. The molecule has 0 saturated heterocycles. The highest BCUT2D eigenvalue weighted by Crippen LogP contribution is 2.26. The van der Waals surface area contributed by atoms with Gasteiger partial charge >= 0.3 is 0 Å². The highest BCUT2D eigenvalue weighted by molar-refractivity contribution is 7.89. The molecule has 0 aliphatic heterocycles. The minimum atomic E-state index is -3.80. The van der Waals surface area contributed by atoms with Crippen molar-refractivity contribution in [3.63, 3.8) is 0 Å². The number of carbonyl (C=O) groups excluding carboxylic acids is 1. The maximum Gasteiger partial charge on any atom is 0.241 e. The highest BCUT2D eigenvalue weighted by Gasteiger charge is 2.17. The lowest BCUT2D eigenvalue weighted by Gasteiger charge is -2.08. The minimum Gasteiger partial charge on any atom is -0.495 e. The summed E-state index contributed by atoms with van der Waals surface area (Å²) in [5, 5.41) is 2.63. The van der Waals surface area contributed by atoms with E-state index in [1.807, 2.05) is 0 Å². The zero-order valence-corrected chi connectivity index (χ0v) is 12.4. The lowest BCUT2D eigenvalue weighted by molar-refractivity contribution is -0.119. The Balaban J connectivity index is 2.76. The first-order valence-electron chi connectivity index (χ1n) is 5.61. The average Bonchev–Trinajstić information content (AvgIpc) is 2.42. The van der Waals surface area contributed by atoms with Crippen LogP contribution in [0.1, 0.15) is 0 Å². The molecule has 0 aromatic heterocycles. The molecule has 1 amide bonds. The van der Waals surface area contributed by atoms with Crippen LogP contribution in [0, 0.1) is 0 Å². The summed E-state index contributed by atoms with van der Waals surface area (Å²) in [5.41, 5.74) is 0. The van der Waals surface area contributed by atoms with Crippen LogP contribution in [-0.4, -0.2) is 34.5 Å². The smallest absolute Gasteiger partial charge is 0.241 e. The molecular formula is C12H15ClN2O4S. The van der Waals surface area contributed by atoms with Gasteiger partial charge in [0.05, 0.1) is 23.6 Å². The van der Waals surface area contributed by atoms with Crippen LogP contribution in [0.25, 0.3) is 0 Å². The number of nitrogens with one attached hydrogen (secondary N) is 2. The van der Waals surface area contributed by atoms with Crippen LogP contribution in [0.5, 0.6) is 5.75 Å². The largest absolute Gasteiger partial charge is 0.495 e. The predicted molar refractivity (Wildman–Crippen MR) is 76.4 cm³/mol. The Bertz CT molecular complexity index is 601. The first-order chi connectivity index (χ1) is 9.40. The van der Waals surface area contributed by atoms with Crippen LogP contribution >= 0.6 is 11.6 Å². The molecule has 0 unspecified atom stereocenters. The fourth-order valence-electron chi connectivity index (χ4n) is 1.31. The van der Waals surface area contributed by atoms with Gasteiger partial charge in [-0.15, -0.1) is 6.58 Å². The zero-order chi connectivity index (χ0) is 15.2. The van der Waals surface area contributed by atoms with Crippen LogP contribution in [0.3, 0.4) is 0 Å². The number of sulfonamides is 1. The lowest BCUT2D eigenvalue weighted by atomic mass is 10.3. The molecule has 0 aliphatic carbocycles. The van der Waals surface area contributed by atoms with E-state index in [4.69, 9.17) is 16.3 Å². The summed E-state index contributed by atoms with van der Waals surface area (Å²) in [6.45, 7) is 3.35. The molecule has 2 N–H and O–H groups in total. The van der Waals surface area contributed by atoms with Crippen molar-refractivity contribution in [2.24, 2.45) is 0 Å². The standard InChI is InChI=1S/C12H15ClN2O4S/c1-3-6-14-12(16)8-15-20(17,18)9-4-5-11(19-2)10(13)7-9/h3-5,7,15H,1,6,8H2,2H3,(H,14,16). The third-order valence-electron chi connectivity index (χ3n) is 2.30. The van der Waals surface area contributed by atoms with Crippen LogP contribution < -0.4 is 14.8 Å². The summed E-state index contributed by atoms with van der Waals surface area (Å²) in [7, 11) is -2.38. The predicted octanol–water partition coefficient (Wildman–Crippen LogP) is 0.929. The Morgan fingerprint density at radius 1 is 1.50 bits per heavy atom. The van der Waals surface area contributed by atoms with Crippen molar-refractivity contribution in [3.8, 4) is 5.75 Å². The number of methoxy groups -OCH3 is 1. The summed E-state index contributed by atoms with van der Waals surface area (Å²) >= 11 is 5.86. The fourth-order valence-corrected chi connectivity index (χ4v) is 2.64. The van der Waals surface area contributed by atoms with E-state index in [2.05, 4.69) is 16.6 Å². The number of hydrogen-bond acceptors (Lipinski definition) is 4. The average molecular weight is 319 g/mol. The van der Waals surface area contributed by atoms with E-state index in [0.29, 0.717) is 5.75 Å². The monoisotopic (exact) mass is 318 g/mol. The van der Waals surface area contributed by atoms with Gasteiger partial charge in [-0.25, -0.2) is 13.1 Å². The second kappa shape index (κ2) is 7.28. The minimum absolute atomic E-state index is 0.0418. The van der Waals surface area contributed by atoms with Crippen molar-refractivity contribution >= 4 is 27.5 Å². The van der Waals surface area contributed by atoms with Gasteiger partial charge in [0.25, 0.3) is 0 Å². The molecule has 0 saturated carbocycles. The number of rotatable bonds is 7. The number of carbonyl (C=O) groups is 1. The Morgan fingerprint density at radius 2 is 2.20 bits per heavy atom. The van der Waals surface area contributed by atoms with Gasteiger partial charge in [0, 0.05) is 6.54 Å². The maximum absolute atomic E-state index is 12.0. The van der Waals surface area contributed by atoms with Crippen molar-refractivity contribution in [2.75, 3.05) is 20.2 Å². The van der Waals surface area contributed by atoms with Gasteiger partial charge in [0.2, 0.25) is 15.9 Å². The normalized spacial score (nSPS) is 10.9. The molecule has 1 aromatic carbocycles. The van der Waals surface area contributed by atoms with Gasteiger partial charge in [-0.05, 0) is 18.2 Å². The molecule has 0 aliphatic rings. The lowest BCUT2D eigenvalue weighted by Crippen LogP contribution is -2.36. The summed E-state index contributed by atoms with van der Waals surface area (Å²) in [6, 6.07) is 4.04. The molecule has 110 valence electrons. The SMILES string of the molecule is C=CCNC(=O)CNS(=O)(=O)c1ccc(OC)c(Cl)c1. The second-order valence-corrected chi connectivity index (χ2v) is 5.89. The van der Waals surface area contributed by atoms with Gasteiger partial charge in [-0.1, -0.05) is 17.7 Å². The van der Waals surface area contributed by atoms with Gasteiger partial charge in [0.1, 0.15) is 5.75 Å². The summed E-state index contributed by atoms with van der Waals surface area (Å²) in [5.74, 6) is -0.0811. The van der Waals surface area contributed by atoms with E-state index in [1.165, 1.54) is 31.4 Å². The zero-order valence-electron chi connectivity index (χ0n) is 10.8. The number of benzene rings is 1. The van der Waals surface area contributed by atoms with Crippen molar-refractivity contribution in [1.82, 2.24) is 10.0 Å². The van der Waals surface area contributed by atoms with Crippen LogP contribution in [0.4, 0.5) is 0 Å². The first-order valence-corrected chi connectivity index (χ1v) is 7.47. The molecular weight excluding hydrogens is 304 g/mol. The molecule has 20 heavy (non-hydrogen) atoms. The molecule has 8 heteroatoms. The van der Waals surface area contributed by atoms with E-state index < -0.39 is 15.9 Å². The van der Waals surface area contributed by atoms with E-state index in [9.17, 15) is 13.2 Å². The Kier molecular flexibility index (Phi) is 6.00. The first kappa shape index (κ1) is 16.5. The third kappa shape index (κ3) is 4.52. The molecule has 0 atom stereocenters. The molecule has 6 nitrogen and oxygen atoms in total. The quantitative estimate of drug-likeness (QED) is 0.732. The van der Waals surface area contributed by atoms with Gasteiger partial charge < -0.3 is 10.1 Å². The van der Waals surface area contributed by atoms with Gasteiger partial charge in [-0.2, -0.15) is 0 Å². The van der Waals surface area contributed by atoms with E-state index >= 15 is 0 Å². The molecule has 0 radical (unpaired) electrons. The Labute approximate surface area is 122 Å². The van der Waals surface area contributed by atoms with E-state index in [-0.39, 0.29) is 23.0 Å². The van der Waals surface area contributed by atoms with Crippen molar-refractivity contribution in [2.45, 2.75) is 4.90 Å². The number of ether oxygens (including phenoxy) is 1. The summed E-state index contributed by atoms with van der Waals surface area (Å²) in [6.07, 6.45) is 1.50. The Morgan fingerprint density at radius 3 is 2.75 bits per heavy atom. The maximum atomic E-state index is 12.0. The summed E-state index contributed by atoms with van der Waals surface area (Å²) < 4.78 is 31.0. The second-order valence-electron chi connectivity index (χ2n) is 3.71. The molecule has 0 spiro atoms. The van der Waals surface area contributed by atoms with Crippen molar-refractivity contribution in [1.29, 1.82) is 0 Å². The van der Waals surface area contributed by atoms with Crippen LogP contribution in [0.2, 0.25) is 5.02 Å². The molecule has 0 bridgehead atoms. The van der Waals surface area contributed by atoms with Gasteiger partial charge in [-0.3, -0.25) is 4.79 Å². The third-order valence-corrected chi connectivity index (χ3v) is 3.99. The molecule has 0 heterocycles. The Hall–Kier alpha value is -1.57. The van der Waals surface area contributed by atoms with Crippen LogP contribution in [0.15, 0.2) is 35.7 Å². The van der Waals surface area contributed by atoms with Crippen molar-refractivity contribution in [3.05, 3.63) is 35.9 Å². The topological polar surface area (TPSA) is 84.5 Å². The van der Waals surface area contributed by atoms with Crippen molar-refractivity contribution < 1.29 is 17.9 Å². The number of hydrogen-bond donors (Lipinski definition) is 2. The van der Waals surface area contributed by atoms with Crippen LogP contribution in [-0.2, 0) is 14.8 Å². The number of halogens is 1. The van der Waals surface area contributed by atoms with Gasteiger partial charge in [0.15, 0.2) is 0 Å². The molecule has 0 fully saturated rings. The van der Waals surface area contributed by atoms with E-state index in [0.717, 1.165) is 0 Å². The number of amides is 1.